The Morgan fingerprint density at radius 3 is 2.30 bits per heavy atom. The minimum atomic E-state index is -4.74. The van der Waals surface area contributed by atoms with Crippen LogP contribution in [0, 0.1) is 5.92 Å². The Labute approximate surface area is 134 Å². The number of carboxylic acids is 2. The van der Waals surface area contributed by atoms with Gasteiger partial charge in [-0.15, -0.1) is 0 Å². The molecule has 126 valence electrons. The smallest absolute Gasteiger partial charge is 0.335 e. The number of allylic oxidation sites excluding steroid dienone is 4. The van der Waals surface area contributed by atoms with Crippen molar-refractivity contribution in [1.29, 1.82) is 0 Å². The van der Waals surface area contributed by atoms with E-state index in [2.05, 4.69) is 0 Å². The Morgan fingerprint density at radius 1 is 1.30 bits per heavy atom. The Hall–Kier alpha value is -2.19. The van der Waals surface area contributed by atoms with Crippen LogP contribution in [0.15, 0.2) is 47.1 Å². The lowest BCUT2D eigenvalue weighted by Crippen LogP contribution is -2.36. The molecule has 3 N–H and O–H groups in total. The molecule has 0 spiro atoms. The van der Waals surface area contributed by atoms with Gasteiger partial charge in [0.15, 0.2) is 0 Å². The molecule has 0 aromatic heterocycles. The van der Waals surface area contributed by atoms with E-state index in [0.717, 1.165) is 6.08 Å². The minimum Gasteiger partial charge on any atom is -0.481 e. The van der Waals surface area contributed by atoms with Crippen LogP contribution in [0.3, 0.4) is 0 Å². The highest BCUT2D eigenvalue weighted by Crippen LogP contribution is 2.37. The van der Waals surface area contributed by atoms with E-state index in [9.17, 15) is 32.8 Å². The molecule has 23 heavy (non-hydrogen) atoms. The summed E-state index contributed by atoms with van der Waals surface area (Å²) in [7, 11) is -4.74. The SMILES string of the molecule is CC=C1C(C(=O)O)C=C(C(=O)O)C(=CC=CCC)C1S(=O)(=O)O. The van der Waals surface area contributed by atoms with Gasteiger partial charge >= 0.3 is 11.9 Å². The van der Waals surface area contributed by atoms with E-state index in [1.807, 2.05) is 6.92 Å². The molecule has 0 bridgehead atoms. The summed E-state index contributed by atoms with van der Waals surface area (Å²) in [6.45, 7) is 3.27. The Balaban J connectivity index is 3.74. The fourth-order valence-electron chi connectivity index (χ4n) is 2.40. The maximum atomic E-state index is 11.8. The van der Waals surface area contributed by atoms with E-state index < -0.39 is 38.8 Å². The maximum absolute atomic E-state index is 11.8. The van der Waals surface area contributed by atoms with Crippen LogP contribution in [-0.2, 0) is 19.7 Å². The van der Waals surface area contributed by atoms with Crippen molar-refractivity contribution in [2.45, 2.75) is 25.5 Å². The molecule has 7 nitrogen and oxygen atoms in total. The van der Waals surface area contributed by atoms with Gasteiger partial charge in [0.2, 0.25) is 0 Å². The van der Waals surface area contributed by atoms with E-state index in [1.54, 1.807) is 6.08 Å². The van der Waals surface area contributed by atoms with Crippen LogP contribution in [-0.4, -0.2) is 40.4 Å². The summed E-state index contributed by atoms with van der Waals surface area (Å²) in [6.07, 6.45) is 7.30. The van der Waals surface area contributed by atoms with Gasteiger partial charge < -0.3 is 10.2 Å². The molecule has 1 aliphatic carbocycles. The number of aliphatic carboxylic acids is 2. The largest absolute Gasteiger partial charge is 0.481 e. The predicted octanol–water partition coefficient (Wildman–Crippen LogP) is 1.81. The topological polar surface area (TPSA) is 129 Å². The van der Waals surface area contributed by atoms with Crippen LogP contribution >= 0.6 is 0 Å². The van der Waals surface area contributed by atoms with Crippen LogP contribution in [0.5, 0.6) is 0 Å². The van der Waals surface area contributed by atoms with Crippen molar-refractivity contribution in [1.82, 2.24) is 0 Å². The monoisotopic (exact) mass is 342 g/mol. The minimum absolute atomic E-state index is 0.0962. The summed E-state index contributed by atoms with van der Waals surface area (Å²) in [5.41, 5.74) is -0.720. The molecule has 0 saturated heterocycles. The molecular weight excluding hydrogens is 324 g/mol. The number of hydrogen-bond donors (Lipinski definition) is 3. The third-order valence-electron chi connectivity index (χ3n) is 3.36. The highest BCUT2D eigenvalue weighted by Gasteiger charge is 2.43. The first-order chi connectivity index (χ1) is 10.6. The van der Waals surface area contributed by atoms with Crippen molar-refractivity contribution in [3.63, 3.8) is 0 Å². The van der Waals surface area contributed by atoms with Crippen LogP contribution < -0.4 is 0 Å². The normalized spacial score (nSPS) is 25.8. The van der Waals surface area contributed by atoms with Crippen molar-refractivity contribution in [2.75, 3.05) is 0 Å². The van der Waals surface area contributed by atoms with Gasteiger partial charge in [-0.3, -0.25) is 9.35 Å². The Morgan fingerprint density at radius 2 is 1.91 bits per heavy atom. The fourth-order valence-corrected chi connectivity index (χ4v) is 3.55. The summed E-state index contributed by atoms with van der Waals surface area (Å²) in [5, 5.41) is 16.8. The zero-order valence-corrected chi connectivity index (χ0v) is 13.4. The molecule has 1 aliphatic rings. The molecule has 0 aliphatic heterocycles. The van der Waals surface area contributed by atoms with Gasteiger partial charge in [-0.2, -0.15) is 8.42 Å². The first-order valence-electron chi connectivity index (χ1n) is 6.82. The van der Waals surface area contributed by atoms with Gasteiger partial charge in [0.05, 0.1) is 11.5 Å². The highest BCUT2D eigenvalue weighted by molar-refractivity contribution is 7.86. The quantitative estimate of drug-likeness (QED) is 0.513. The number of hydrogen-bond acceptors (Lipinski definition) is 4. The zero-order chi connectivity index (χ0) is 17.8. The molecule has 8 heteroatoms. The second-order valence-corrected chi connectivity index (χ2v) is 6.34. The van der Waals surface area contributed by atoms with Crippen molar-refractivity contribution in [2.24, 2.45) is 5.92 Å². The lowest BCUT2D eigenvalue weighted by molar-refractivity contribution is -0.139. The third kappa shape index (κ3) is 4.17. The van der Waals surface area contributed by atoms with Crippen LogP contribution in [0.25, 0.3) is 0 Å². The number of carbonyl (C=O) groups is 2. The number of rotatable bonds is 5. The average molecular weight is 342 g/mol. The molecule has 0 amide bonds. The van der Waals surface area contributed by atoms with E-state index in [0.29, 0.717) is 6.42 Å². The summed E-state index contributed by atoms with van der Waals surface area (Å²) < 4.78 is 33.1. The molecule has 1 rings (SSSR count). The molecule has 0 heterocycles. The molecule has 0 radical (unpaired) electrons. The van der Waals surface area contributed by atoms with Crippen LogP contribution in [0.1, 0.15) is 20.3 Å². The molecule has 0 saturated carbocycles. The van der Waals surface area contributed by atoms with E-state index in [4.69, 9.17) is 0 Å². The first-order valence-corrected chi connectivity index (χ1v) is 8.32. The van der Waals surface area contributed by atoms with Crippen LogP contribution in [0.4, 0.5) is 0 Å². The molecule has 0 aromatic rings. The summed E-state index contributed by atoms with van der Waals surface area (Å²) in [4.78, 5) is 22.8. The van der Waals surface area contributed by atoms with Gasteiger partial charge in [-0.25, -0.2) is 4.79 Å². The molecule has 0 aromatic carbocycles. The summed E-state index contributed by atoms with van der Waals surface area (Å²) in [5.74, 6) is -4.30. The Bertz CT molecular complexity index is 723. The van der Waals surface area contributed by atoms with E-state index in [1.165, 1.54) is 25.2 Å². The maximum Gasteiger partial charge on any atom is 0.335 e. The summed E-state index contributed by atoms with van der Waals surface area (Å²) >= 11 is 0. The van der Waals surface area contributed by atoms with Gasteiger partial charge in [0, 0.05) is 0 Å². The Kier molecular flexibility index (Phi) is 6.05. The van der Waals surface area contributed by atoms with Crippen molar-refractivity contribution in [3.8, 4) is 0 Å². The van der Waals surface area contributed by atoms with Crippen LogP contribution in [0.2, 0.25) is 0 Å². The van der Waals surface area contributed by atoms with Crippen molar-refractivity contribution < 1.29 is 32.8 Å². The van der Waals surface area contributed by atoms with Crippen molar-refractivity contribution in [3.05, 3.63) is 47.1 Å². The third-order valence-corrected chi connectivity index (χ3v) is 4.49. The molecular formula is C15H18O7S. The lowest BCUT2D eigenvalue weighted by atomic mass is 9.81. The van der Waals surface area contributed by atoms with Gasteiger partial charge in [-0.05, 0) is 24.5 Å². The fraction of sp³-hybridized carbons (Fsp3) is 0.333. The first kappa shape index (κ1) is 18.9. The molecule has 2 unspecified atom stereocenters. The predicted molar refractivity (Wildman–Crippen MR) is 83.5 cm³/mol. The second kappa shape index (κ2) is 7.38. The van der Waals surface area contributed by atoms with Gasteiger partial charge in [-0.1, -0.05) is 37.3 Å². The number of carboxylic acid groups (broad SMARTS) is 2. The zero-order valence-electron chi connectivity index (χ0n) is 12.6. The van der Waals surface area contributed by atoms with Gasteiger partial charge in [0.25, 0.3) is 10.1 Å². The molecule has 2 atom stereocenters. The lowest BCUT2D eigenvalue weighted by Gasteiger charge is -2.29. The highest BCUT2D eigenvalue weighted by atomic mass is 32.2. The van der Waals surface area contributed by atoms with Gasteiger partial charge in [0.1, 0.15) is 5.25 Å². The van der Waals surface area contributed by atoms with E-state index >= 15 is 0 Å². The van der Waals surface area contributed by atoms with E-state index in [-0.39, 0.29) is 11.1 Å². The van der Waals surface area contributed by atoms with Crippen molar-refractivity contribution >= 4 is 22.1 Å². The molecule has 0 fully saturated rings. The average Bonchev–Trinajstić information content (AvgIpc) is 2.44. The standard InChI is InChI=1S/C15H18O7S/c1-3-5-6-7-10-12(15(18)19)8-11(14(16)17)9(4-2)13(10)23(20,21)22/h4-8,11,13H,3H2,1-2H3,(H,16,17)(H,18,19)(H,20,21,22). The summed E-state index contributed by atoms with van der Waals surface area (Å²) in [6, 6.07) is 0. The second-order valence-electron chi connectivity index (χ2n) is 4.84.